The van der Waals surface area contributed by atoms with Gasteiger partial charge in [0.25, 0.3) is 0 Å². The minimum atomic E-state index is -4.57. The maximum atomic E-state index is 11.8. The molecule has 6 nitrogen and oxygen atoms in total. The van der Waals surface area contributed by atoms with Crippen LogP contribution in [-0.4, -0.2) is 22.7 Å². The summed E-state index contributed by atoms with van der Waals surface area (Å²) in [5.41, 5.74) is 4.23. The Morgan fingerprint density at radius 1 is 1.59 bits per heavy atom. The second kappa shape index (κ2) is 4.62. The molecule has 1 aromatic rings. The number of hydrogen-bond donors (Lipinski definition) is 1. The van der Waals surface area contributed by atoms with E-state index in [2.05, 4.69) is 9.72 Å². The lowest BCUT2D eigenvalue weighted by molar-refractivity contribution is -0.385. The molecule has 94 valence electrons. The van der Waals surface area contributed by atoms with Crippen molar-refractivity contribution in [3.63, 3.8) is 0 Å². The topological polar surface area (TPSA) is 91.3 Å². The Hall–Kier alpha value is -1.77. The molecule has 0 unspecified atom stereocenters. The smallest absolute Gasteiger partial charge is 0.422 e. The third-order valence-electron chi connectivity index (χ3n) is 1.52. The van der Waals surface area contributed by atoms with Crippen LogP contribution in [0.2, 0.25) is 5.15 Å². The van der Waals surface area contributed by atoms with Crippen molar-refractivity contribution in [2.45, 2.75) is 6.18 Å². The molecule has 0 aliphatic rings. The van der Waals surface area contributed by atoms with Crippen molar-refractivity contribution in [2.75, 3.05) is 12.3 Å². The number of rotatable bonds is 3. The zero-order valence-electron chi connectivity index (χ0n) is 7.99. The largest absolute Gasteiger partial charge is 0.467 e. The highest BCUT2D eigenvalue weighted by molar-refractivity contribution is 6.31. The Morgan fingerprint density at radius 2 is 2.18 bits per heavy atom. The molecule has 1 heterocycles. The summed E-state index contributed by atoms with van der Waals surface area (Å²) in [6, 6.07) is 0.779. The molecule has 1 rings (SSSR count). The second-order valence-electron chi connectivity index (χ2n) is 2.85. The summed E-state index contributed by atoms with van der Waals surface area (Å²) in [4.78, 5) is 12.8. The van der Waals surface area contributed by atoms with Gasteiger partial charge < -0.3 is 10.5 Å². The van der Waals surface area contributed by atoms with E-state index >= 15 is 0 Å². The summed E-state index contributed by atoms with van der Waals surface area (Å²) in [5.74, 6) is -0.599. The van der Waals surface area contributed by atoms with Gasteiger partial charge in [-0.3, -0.25) is 10.1 Å². The van der Waals surface area contributed by atoms with E-state index in [0.29, 0.717) is 0 Å². The van der Waals surface area contributed by atoms with Gasteiger partial charge in [-0.2, -0.15) is 18.2 Å². The van der Waals surface area contributed by atoms with Gasteiger partial charge in [0.05, 0.1) is 4.92 Å². The van der Waals surface area contributed by atoms with Gasteiger partial charge in [0, 0.05) is 6.07 Å². The van der Waals surface area contributed by atoms with E-state index in [9.17, 15) is 23.3 Å². The van der Waals surface area contributed by atoms with E-state index in [-0.39, 0.29) is 0 Å². The standard InChI is InChI=1S/C7H5ClF3N3O3/c8-5-4(14(15)16)1-3(12)6(13-5)17-2-7(9,10)11/h1H,2,12H2. The first-order chi connectivity index (χ1) is 7.70. The third-order valence-corrected chi connectivity index (χ3v) is 1.80. The maximum absolute atomic E-state index is 11.8. The first kappa shape index (κ1) is 13.3. The van der Waals surface area contributed by atoms with Crippen LogP contribution in [0.25, 0.3) is 0 Å². The fourth-order valence-electron chi connectivity index (χ4n) is 0.873. The summed E-state index contributed by atoms with van der Waals surface area (Å²) in [6.07, 6.45) is -4.57. The molecule has 0 amide bonds. The van der Waals surface area contributed by atoms with E-state index in [4.69, 9.17) is 17.3 Å². The van der Waals surface area contributed by atoms with E-state index in [1.165, 1.54) is 0 Å². The van der Waals surface area contributed by atoms with Crippen LogP contribution in [0.3, 0.4) is 0 Å². The minimum absolute atomic E-state index is 0.398. The van der Waals surface area contributed by atoms with E-state index in [1.807, 2.05) is 0 Å². The Bertz CT molecular complexity index is 452. The lowest BCUT2D eigenvalue weighted by Gasteiger charge is -2.10. The van der Waals surface area contributed by atoms with Crippen molar-refractivity contribution in [3.8, 4) is 5.88 Å². The first-order valence-electron chi connectivity index (χ1n) is 4.00. The minimum Gasteiger partial charge on any atom is -0.467 e. The molecular weight excluding hydrogens is 267 g/mol. The highest BCUT2D eigenvalue weighted by Crippen LogP contribution is 2.31. The lowest BCUT2D eigenvalue weighted by Crippen LogP contribution is -2.20. The fraction of sp³-hybridized carbons (Fsp3) is 0.286. The molecule has 0 aliphatic carbocycles. The van der Waals surface area contributed by atoms with Crippen LogP contribution in [0.4, 0.5) is 24.5 Å². The molecule has 0 saturated heterocycles. The van der Waals surface area contributed by atoms with Gasteiger partial charge in [-0.05, 0) is 0 Å². The summed E-state index contributed by atoms with van der Waals surface area (Å²) in [5, 5.41) is 9.81. The van der Waals surface area contributed by atoms with Crippen LogP contribution in [0.1, 0.15) is 0 Å². The van der Waals surface area contributed by atoms with Gasteiger partial charge in [-0.1, -0.05) is 11.6 Å². The number of ether oxygens (including phenoxy) is 1. The normalized spacial score (nSPS) is 11.3. The van der Waals surface area contributed by atoms with Gasteiger partial charge in [-0.15, -0.1) is 0 Å². The number of nitrogen functional groups attached to an aromatic ring is 1. The van der Waals surface area contributed by atoms with Crippen LogP contribution in [0.5, 0.6) is 5.88 Å². The van der Waals surface area contributed by atoms with E-state index in [1.54, 1.807) is 0 Å². The number of alkyl halides is 3. The zero-order valence-corrected chi connectivity index (χ0v) is 8.75. The van der Waals surface area contributed by atoms with Gasteiger partial charge >= 0.3 is 11.9 Å². The van der Waals surface area contributed by atoms with Gasteiger partial charge in [0.15, 0.2) is 6.61 Å². The predicted octanol–water partition coefficient (Wildman–Crippen LogP) is 2.17. The molecule has 0 bridgehead atoms. The van der Waals surface area contributed by atoms with Crippen LogP contribution in [0, 0.1) is 10.1 Å². The van der Waals surface area contributed by atoms with Crippen LogP contribution in [0.15, 0.2) is 6.07 Å². The number of nitro groups is 1. The molecule has 17 heavy (non-hydrogen) atoms. The molecule has 0 fully saturated rings. The molecule has 1 aromatic heterocycles. The van der Waals surface area contributed by atoms with Crippen molar-refractivity contribution in [2.24, 2.45) is 0 Å². The molecule has 2 N–H and O–H groups in total. The molecule has 0 spiro atoms. The number of aromatic nitrogens is 1. The maximum Gasteiger partial charge on any atom is 0.422 e. The SMILES string of the molecule is Nc1cc([N+](=O)[O-])c(Cl)nc1OCC(F)(F)F. The summed E-state index contributed by atoms with van der Waals surface area (Å²) in [7, 11) is 0. The van der Waals surface area contributed by atoms with Crippen LogP contribution >= 0.6 is 11.6 Å². The van der Waals surface area contributed by atoms with Crippen LogP contribution < -0.4 is 10.5 Å². The van der Waals surface area contributed by atoms with Crippen molar-refractivity contribution >= 4 is 23.0 Å². The molecule has 0 radical (unpaired) electrons. The Labute approximate surface area is 97.3 Å². The third kappa shape index (κ3) is 3.63. The highest BCUT2D eigenvalue weighted by atomic mass is 35.5. The van der Waals surface area contributed by atoms with Gasteiger partial charge in [-0.25, -0.2) is 0 Å². The quantitative estimate of drug-likeness (QED) is 0.517. The molecule has 0 atom stereocenters. The summed E-state index contributed by atoms with van der Waals surface area (Å²) in [6.45, 7) is -1.61. The second-order valence-corrected chi connectivity index (χ2v) is 3.21. The average molecular weight is 272 g/mol. The summed E-state index contributed by atoms with van der Waals surface area (Å²) >= 11 is 5.38. The summed E-state index contributed by atoms with van der Waals surface area (Å²) < 4.78 is 39.8. The van der Waals surface area contributed by atoms with Crippen molar-refractivity contribution in [1.29, 1.82) is 0 Å². The first-order valence-corrected chi connectivity index (χ1v) is 4.38. The van der Waals surface area contributed by atoms with Crippen molar-refractivity contribution in [3.05, 3.63) is 21.3 Å². The molecule has 10 heteroatoms. The zero-order chi connectivity index (χ0) is 13.2. The number of nitrogens with zero attached hydrogens (tertiary/aromatic N) is 2. The number of anilines is 1. The predicted molar refractivity (Wildman–Crippen MR) is 51.9 cm³/mol. The molecular formula is C7H5ClF3N3O3. The number of hydrogen-bond acceptors (Lipinski definition) is 5. The van der Waals surface area contributed by atoms with E-state index < -0.39 is 40.1 Å². The fourth-order valence-corrected chi connectivity index (χ4v) is 1.07. The highest BCUT2D eigenvalue weighted by Gasteiger charge is 2.29. The lowest BCUT2D eigenvalue weighted by atomic mass is 10.4. The van der Waals surface area contributed by atoms with Crippen molar-refractivity contribution in [1.82, 2.24) is 4.98 Å². The number of nitrogens with two attached hydrogens (primary N) is 1. The molecule has 0 saturated carbocycles. The Morgan fingerprint density at radius 3 is 2.65 bits per heavy atom. The molecule has 0 aliphatic heterocycles. The average Bonchev–Trinajstić information content (AvgIpc) is 2.17. The monoisotopic (exact) mass is 271 g/mol. The Kier molecular flexibility index (Phi) is 3.61. The Balaban J connectivity index is 2.96. The van der Waals surface area contributed by atoms with Gasteiger partial charge in [0.1, 0.15) is 5.69 Å². The van der Waals surface area contributed by atoms with E-state index in [0.717, 1.165) is 6.07 Å². The molecule has 0 aromatic carbocycles. The van der Waals surface area contributed by atoms with Crippen molar-refractivity contribution < 1.29 is 22.8 Å². The van der Waals surface area contributed by atoms with Crippen LogP contribution in [-0.2, 0) is 0 Å². The van der Waals surface area contributed by atoms with Gasteiger partial charge in [0.2, 0.25) is 11.0 Å². The number of halogens is 4. The number of pyridine rings is 1.